The molecule has 0 spiro atoms. The summed E-state index contributed by atoms with van der Waals surface area (Å²) < 4.78 is 5.88. The molecule has 0 saturated carbocycles. The first-order valence-corrected chi connectivity index (χ1v) is 11.2. The van der Waals surface area contributed by atoms with E-state index in [9.17, 15) is 9.59 Å². The summed E-state index contributed by atoms with van der Waals surface area (Å²) in [6.07, 6.45) is 8.97. The molecule has 0 unspecified atom stereocenters. The highest BCUT2D eigenvalue weighted by Gasteiger charge is 2.30. The van der Waals surface area contributed by atoms with Crippen LogP contribution in [0.15, 0.2) is 12.1 Å². The Bertz CT molecular complexity index is 588. The van der Waals surface area contributed by atoms with Gasteiger partial charge in [-0.25, -0.2) is 0 Å². The van der Waals surface area contributed by atoms with Crippen LogP contribution in [0.25, 0.3) is 0 Å². The molecular weight excluding hydrogens is 360 g/mol. The van der Waals surface area contributed by atoms with Crippen LogP contribution in [0.4, 0.5) is 0 Å². The minimum absolute atomic E-state index is 0.0275. The van der Waals surface area contributed by atoms with Gasteiger partial charge in [-0.15, -0.1) is 11.3 Å². The maximum absolute atomic E-state index is 12.2. The molecule has 2 heterocycles. The van der Waals surface area contributed by atoms with Crippen molar-refractivity contribution < 1.29 is 14.3 Å². The zero-order chi connectivity index (χ0) is 19.5. The number of hydrogen-bond donors (Lipinski definition) is 1. The Balaban J connectivity index is 1.69. The number of amides is 2. The van der Waals surface area contributed by atoms with Crippen molar-refractivity contribution in [3.63, 3.8) is 0 Å². The van der Waals surface area contributed by atoms with Gasteiger partial charge in [0.2, 0.25) is 5.91 Å². The van der Waals surface area contributed by atoms with E-state index >= 15 is 0 Å². The Hall–Kier alpha value is -1.40. The summed E-state index contributed by atoms with van der Waals surface area (Å²) in [5, 5.41) is 2.81. The number of hydrogen-bond acceptors (Lipinski definition) is 4. The highest BCUT2D eigenvalue weighted by Crippen LogP contribution is 2.22. The van der Waals surface area contributed by atoms with Crippen molar-refractivity contribution in [2.45, 2.75) is 77.9 Å². The van der Waals surface area contributed by atoms with Crippen LogP contribution in [0.5, 0.6) is 0 Å². The normalized spacial score (nSPS) is 16.9. The predicted octanol–water partition coefficient (Wildman–Crippen LogP) is 4.37. The molecular formula is C21H34N2O3S. The second kappa shape index (κ2) is 12.1. The van der Waals surface area contributed by atoms with Gasteiger partial charge in [0.25, 0.3) is 5.91 Å². The molecule has 0 radical (unpaired) electrons. The Morgan fingerprint density at radius 1 is 1.22 bits per heavy atom. The molecule has 1 aliphatic rings. The standard InChI is InChI=1S/C21H34N2O3S/c1-3-5-6-7-8-9-14-23-17(10-13-20(23)24)15-26-16-18-11-12-19(27-18)21(25)22-4-2/h11-12,17H,3-10,13-16H2,1-2H3,(H,22,25)/t17-/m1/s1. The number of ether oxygens (including phenoxy) is 1. The lowest BCUT2D eigenvalue weighted by atomic mass is 10.1. The van der Waals surface area contributed by atoms with E-state index in [4.69, 9.17) is 4.74 Å². The zero-order valence-corrected chi connectivity index (χ0v) is 17.6. The Morgan fingerprint density at radius 3 is 2.78 bits per heavy atom. The summed E-state index contributed by atoms with van der Waals surface area (Å²) in [4.78, 5) is 27.8. The minimum atomic E-state index is -0.0275. The van der Waals surface area contributed by atoms with E-state index in [2.05, 4.69) is 12.2 Å². The first kappa shape index (κ1) is 21.9. The van der Waals surface area contributed by atoms with E-state index in [-0.39, 0.29) is 17.9 Å². The predicted molar refractivity (Wildman–Crippen MR) is 110 cm³/mol. The van der Waals surface area contributed by atoms with Gasteiger partial charge in [-0.1, -0.05) is 39.0 Å². The average Bonchev–Trinajstić information content (AvgIpc) is 3.26. The number of carbonyl (C=O) groups excluding carboxylic acids is 2. The van der Waals surface area contributed by atoms with E-state index in [1.165, 1.54) is 43.4 Å². The third kappa shape index (κ3) is 7.26. The molecule has 0 aromatic carbocycles. The molecule has 1 saturated heterocycles. The SMILES string of the molecule is CCCCCCCCN1C(=O)CC[C@@H]1COCc1ccc(C(=O)NCC)s1. The summed E-state index contributed by atoms with van der Waals surface area (Å²) in [5.41, 5.74) is 0. The summed E-state index contributed by atoms with van der Waals surface area (Å²) in [6, 6.07) is 4.00. The lowest BCUT2D eigenvalue weighted by Gasteiger charge is -2.24. The molecule has 1 aromatic rings. The van der Waals surface area contributed by atoms with E-state index in [1.807, 2.05) is 24.0 Å². The van der Waals surface area contributed by atoms with Gasteiger partial charge < -0.3 is 15.0 Å². The van der Waals surface area contributed by atoms with Crippen LogP contribution in [0.3, 0.4) is 0 Å². The minimum Gasteiger partial charge on any atom is -0.374 e. The van der Waals surface area contributed by atoms with Crippen LogP contribution >= 0.6 is 11.3 Å². The number of nitrogens with one attached hydrogen (secondary N) is 1. The second-order valence-electron chi connectivity index (χ2n) is 7.19. The summed E-state index contributed by atoms with van der Waals surface area (Å²) >= 11 is 1.47. The molecule has 6 heteroatoms. The molecule has 1 aliphatic heterocycles. The van der Waals surface area contributed by atoms with Crippen LogP contribution in [-0.2, 0) is 16.1 Å². The van der Waals surface area contributed by atoms with Crippen LogP contribution in [0.2, 0.25) is 0 Å². The van der Waals surface area contributed by atoms with E-state index < -0.39 is 0 Å². The van der Waals surface area contributed by atoms with Gasteiger partial charge in [-0.2, -0.15) is 0 Å². The van der Waals surface area contributed by atoms with Crippen molar-refractivity contribution in [3.8, 4) is 0 Å². The van der Waals surface area contributed by atoms with Crippen molar-refractivity contribution in [1.29, 1.82) is 0 Å². The van der Waals surface area contributed by atoms with Crippen molar-refractivity contribution in [2.75, 3.05) is 19.7 Å². The van der Waals surface area contributed by atoms with Gasteiger partial charge in [0.1, 0.15) is 0 Å². The van der Waals surface area contributed by atoms with E-state index in [1.54, 1.807) is 0 Å². The number of thiophene rings is 1. The van der Waals surface area contributed by atoms with Crippen molar-refractivity contribution in [1.82, 2.24) is 10.2 Å². The Morgan fingerprint density at radius 2 is 2.00 bits per heavy atom. The van der Waals surface area contributed by atoms with E-state index in [0.717, 1.165) is 29.1 Å². The molecule has 1 aromatic heterocycles. The van der Waals surface area contributed by atoms with Gasteiger partial charge in [0.05, 0.1) is 24.1 Å². The van der Waals surface area contributed by atoms with Gasteiger partial charge in [0.15, 0.2) is 0 Å². The molecule has 27 heavy (non-hydrogen) atoms. The van der Waals surface area contributed by atoms with Crippen molar-refractivity contribution in [3.05, 3.63) is 21.9 Å². The Labute approximate surface area is 167 Å². The highest BCUT2D eigenvalue weighted by molar-refractivity contribution is 7.14. The summed E-state index contributed by atoms with van der Waals surface area (Å²) in [6.45, 7) is 6.71. The smallest absolute Gasteiger partial charge is 0.261 e. The monoisotopic (exact) mass is 394 g/mol. The molecule has 1 atom stereocenters. The molecule has 152 valence electrons. The number of unbranched alkanes of at least 4 members (excludes halogenated alkanes) is 5. The fourth-order valence-electron chi connectivity index (χ4n) is 3.46. The number of nitrogens with zero attached hydrogens (tertiary/aromatic N) is 1. The quantitative estimate of drug-likeness (QED) is 0.506. The van der Waals surface area contributed by atoms with Gasteiger partial charge >= 0.3 is 0 Å². The zero-order valence-electron chi connectivity index (χ0n) is 16.8. The summed E-state index contributed by atoms with van der Waals surface area (Å²) in [7, 11) is 0. The topological polar surface area (TPSA) is 58.6 Å². The largest absolute Gasteiger partial charge is 0.374 e. The highest BCUT2D eigenvalue weighted by atomic mass is 32.1. The third-order valence-corrected chi connectivity index (χ3v) is 6.04. The van der Waals surface area contributed by atoms with Gasteiger partial charge in [-0.05, 0) is 31.9 Å². The number of carbonyl (C=O) groups is 2. The lowest BCUT2D eigenvalue weighted by molar-refractivity contribution is -0.129. The maximum atomic E-state index is 12.2. The lowest BCUT2D eigenvalue weighted by Crippen LogP contribution is -2.36. The van der Waals surface area contributed by atoms with Crippen LogP contribution < -0.4 is 5.32 Å². The van der Waals surface area contributed by atoms with Gasteiger partial charge in [0, 0.05) is 24.4 Å². The average molecular weight is 395 g/mol. The molecule has 2 rings (SSSR count). The second-order valence-corrected chi connectivity index (χ2v) is 8.36. The first-order valence-electron chi connectivity index (χ1n) is 10.4. The van der Waals surface area contributed by atoms with Crippen molar-refractivity contribution in [2.24, 2.45) is 0 Å². The van der Waals surface area contributed by atoms with Crippen molar-refractivity contribution >= 4 is 23.2 Å². The number of rotatable bonds is 13. The molecule has 1 fully saturated rings. The van der Waals surface area contributed by atoms with E-state index in [0.29, 0.717) is 26.2 Å². The third-order valence-electron chi connectivity index (χ3n) is 4.98. The molecule has 0 aliphatic carbocycles. The Kier molecular flexibility index (Phi) is 9.84. The fourth-order valence-corrected chi connectivity index (χ4v) is 4.32. The fraction of sp³-hybridized carbons (Fsp3) is 0.714. The summed E-state index contributed by atoms with van der Waals surface area (Å²) in [5.74, 6) is 0.243. The number of likely N-dealkylation sites (tertiary alicyclic amines) is 1. The van der Waals surface area contributed by atoms with Crippen LogP contribution in [0, 0.1) is 0 Å². The molecule has 1 N–H and O–H groups in total. The van der Waals surface area contributed by atoms with Gasteiger partial charge in [-0.3, -0.25) is 9.59 Å². The molecule has 2 amide bonds. The first-order chi connectivity index (χ1) is 13.2. The van der Waals surface area contributed by atoms with Crippen LogP contribution in [0.1, 0.15) is 79.8 Å². The molecule has 0 bridgehead atoms. The maximum Gasteiger partial charge on any atom is 0.261 e. The molecule has 5 nitrogen and oxygen atoms in total. The van der Waals surface area contributed by atoms with Crippen LogP contribution in [-0.4, -0.2) is 42.5 Å².